The lowest BCUT2D eigenvalue weighted by Gasteiger charge is -2.19. The molecule has 2 nitrogen and oxygen atoms in total. The Labute approximate surface area is 128 Å². The van der Waals surface area contributed by atoms with Gasteiger partial charge in [-0.2, -0.15) is 0 Å². The predicted octanol–water partition coefficient (Wildman–Crippen LogP) is 3.72. The molecule has 1 aliphatic rings. The monoisotopic (exact) mass is 331 g/mol. The highest BCUT2D eigenvalue weighted by Crippen LogP contribution is 2.48. The zero-order valence-electron chi connectivity index (χ0n) is 11.3. The highest BCUT2D eigenvalue weighted by atomic mass is 79.9. The molecule has 0 aromatic heterocycles. The average molecular weight is 332 g/mol. The number of hydrogen-bond donors (Lipinski definition) is 2. The quantitative estimate of drug-likeness (QED) is 0.875. The maximum absolute atomic E-state index is 9.06. The predicted molar refractivity (Wildman–Crippen MR) is 84.3 cm³/mol. The Hall–Kier alpha value is -1.16. The topological polar surface area (TPSA) is 32.3 Å². The van der Waals surface area contributed by atoms with Crippen LogP contribution in [0, 0.1) is 0 Å². The average Bonchev–Trinajstić information content (AvgIpc) is 3.27. The minimum atomic E-state index is 0.106. The van der Waals surface area contributed by atoms with E-state index in [0.717, 1.165) is 12.1 Å². The van der Waals surface area contributed by atoms with Crippen LogP contribution in [0.15, 0.2) is 53.0 Å². The molecule has 0 radical (unpaired) electrons. The largest absolute Gasteiger partial charge is 0.392 e. The molecular formula is C17H18BrNO. The summed E-state index contributed by atoms with van der Waals surface area (Å²) in [6, 6.07) is 16.6. The number of halogens is 1. The van der Waals surface area contributed by atoms with E-state index < -0.39 is 0 Å². The lowest BCUT2D eigenvalue weighted by atomic mass is 10.0. The number of hydrogen-bond acceptors (Lipinski definition) is 2. The second-order valence-electron chi connectivity index (χ2n) is 5.39. The van der Waals surface area contributed by atoms with Crippen molar-refractivity contribution in [3.8, 4) is 0 Å². The van der Waals surface area contributed by atoms with Crippen LogP contribution in [0.25, 0.3) is 0 Å². The third kappa shape index (κ3) is 2.80. The van der Waals surface area contributed by atoms with E-state index in [1.807, 2.05) is 12.1 Å². The fourth-order valence-corrected chi connectivity index (χ4v) is 3.21. The number of aliphatic hydroxyl groups is 1. The maximum atomic E-state index is 9.06. The summed E-state index contributed by atoms with van der Waals surface area (Å²) in [7, 11) is 0. The first kappa shape index (κ1) is 13.8. The van der Waals surface area contributed by atoms with Gasteiger partial charge in [-0.05, 0) is 35.6 Å². The van der Waals surface area contributed by atoms with Gasteiger partial charge in [0.05, 0.1) is 6.61 Å². The van der Waals surface area contributed by atoms with Gasteiger partial charge in [0, 0.05) is 16.6 Å². The van der Waals surface area contributed by atoms with Crippen molar-refractivity contribution in [2.24, 2.45) is 0 Å². The molecule has 0 heterocycles. The molecule has 0 saturated heterocycles. The van der Waals surface area contributed by atoms with Gasteiger partial charge in [-0.3, -0.25) is 0 Å². The van der Waals surface area contributed by atoms with E-state index in [1.54, 1.807) is 0 Å². The van der Waals surface area contributed by atoms with E-state index in [2.05, 4.69) is 57.6 Å². The third-order valence-corrected chi connectivity index (χ3v) is 4.67. The van der Waals surface area contributed by atoms with Crippen molar-refractivity contribution in [3.63, 3.8) is 0 Å². The van der Waals surface area contributed by atoms with Gasteiger partial charge in [-0.25, -0.2) is 0 Å². The maximum Gasteiger partial charge on any atom is 0.0681 e. The molecule has 0 bridgehead atoms. The van der Waals surface area contributed by atoms with Crippen LogP contribution in [-0.2, 0) is 18.7 Å². The Bertz CT molecular complexity index is 590. The number of rotatable bonds is 5. The SMILES string of the molecule is OCc1ccc(CNC2(c3ccccc3Br)CC2)cc1. The van der Waals surface area contributed by atoms with Crippen LogP contribution in [0.1, 0.15) is 29.5 Å². The molecular weight excluding hydrogens is 314 g/mol. The van der Waals surface area contributed by atoms with Gasteiger partial charge >= 0.3 is 0 Å². The molecule has 2 aromatic carbocycles. The van der Waals surface area contributed by atoms with Gasteiger partial charge in [0.25, 0.3) is 0 Å². The van der Waals surface area contributed by atoms with E-state index in [4.69, 9.17) is 5.11 Å². The van der Waals surface area contributed by atoms with Crippen LogP contribution in [-0.4, -0.2) is 5.11 Å². The Morgan fingerprint density at radius 3 is 2.25 bits per heavy atom. The molecule has 3 rings (SSSR count). The Morgan fingerprint density at radius 1 is 1.00 bits per heavy atom. The molecule has 2 aromatic rings. The summed E-state index contributed by atoms with van der Waals surface area (Å²) >= 11 is 3.65. The minimum absolute atomic E-state index is 0.106. The van der Waals surface area contributed by atoms with E-state index in [-0.39, 0.29) is 12.1 Å². The van der Waals surface area contributed by atoms with Gasteiger partial charge in [0.15, 0.2) is 0 Å². The molecule has 0 spiro atoms. The number of nitrogens with one attached hydrogen (secondary N) is 1. The first-order chi connectivity index (χ1) is 9.73. The number of benzene rings is 2. The Morgan fingerprint density at radius 2 is 1.65 bits per heavy atom. The molecule has 104 valence electrons. The normalized spacial score (nSPS) is 16.1. The third-order valence-electron chi connectivity index (χ3n) is 3.98. The number of aliphatic hydroxyl groups excluding tert-OH is 1. The van der Waals surface area contributed by atoms with E-state index >= 15 is 0 Å². The first-order valence-corrected chi connectivity index (χ1v) is 7.71. The highest BCUT2D eigenvalue weighted by molar-refractivity contribution is 9.10. The van der Waals surface area contributed by atoms with Crippen LogP contribution in [0.4, 0.5) is 0 Å². The van der Waals surface area contributed by atoms with Crippen LogP contribution >= 0.6 is 15.9 Å². The van der Waals surface area contributed by atoms with Crippen molar-refractivity contribution in [1.29, 1.82) is 0 Å². The zero-order chi connectivity index (χ0) is 14.0. The summed E-state index contributed by atoms with van der Waals surface area (Å²) in [6.07, 6.45) is 2.37. The summed E-state index contributed by atoms with van der Waals surface area (Å²) in [5, 5.41) is 12.7. The van der Waals surface area contributed by atoms with E-state index in [0.29, 0.717) is 0 Å². The minimum Gasteiger partial charge on any atom is -0.392 e. The molecule has 0 atom stereocenters. The molecule has 1 aliphatic carbocycles. The van der Waals surface area contributed by atoms with Crippen molar-refractivity contribution in [2.75, 3.05) is 0 Å². The van der Waals surface area contributed by atoms with E-state index in [9.17, 15) is 0 Å². The molecule has 3 heteroatoms. The molecule has 0 amide bonds. The lowest BCUT2D eigenvalue weighted by molar-refractivity contribution is 0.282. The van der Waals surface area contributed by atoms with Crippen LogP contribution < -0.4 is 5.32 Å². The molecule has 20 heavy (non-hydrogen) atoms. The summed E-state index contributed by atoms with van der Waals surface area (Å²) in [5.74, 6) is 0. The molecule has 1 fully saturated rings. The second-order valence-corrected chi connectivity index (χ2v) is 6.24. The molecule has 0 unspecified atom stereocenters. The van der Waals surface area contributed by atoms with E-state index in [1.165, 1.54) is 28.4 Å². The van der Waals surface area contributed by atoms with Gasteiger partial charge in [-0.15, -0.1) is 0 Å². The van der Waals surface area contributed by atoms with Crippen LogP contribution in [0.5, 0.6) is 0 Å². The lowest BCUT2D eigenvalue weighted by Crippen LogP contribution is -2.28. The first-order valence-electron chi connectivity index (χ1n) is 6.92. The summed E-state index contributed by atoms with van der Waals surface area (Å²) in [5.41, 5.74) is 3.70. The smallest absolute Gasteiger partial charge is 0.0681 e. The Kier molecular flexibility index (Phi) is 3.92. The summed E-state index contributed by atoms with van der Waals surface area (Å²) in [4.78, 5) is 0. The highest BCUT2D eigenvalue weighted by Gasteiger charge is 2.44. The van der Waals surface area contributed by atoms with Gasteiger partial charge < -0.3 is 10.4 Å². The molecule has 0 aliphatic heterocycles. The van der Waals surface area contributed by atoms with Crippen molar-refractivity contribution in [2.45, 2.75) is 31.5 Å². The van der Waals surface area contributed by atoms with Crippen molar-refractivity contribution in [3.05, 3.63) is 69.7 Å². The van der Waals surface area contributed by atoms with Crippen molar-refractivity contribution < 1.29 is 5.11 Å². The fraction of sp³-hybridized carbons (Fsp3) is 0.294. The second kappa shape index (κ2) is 5.68. The summed E-state index contributed by atoms with van der Waals surface area (Å²) < 4.78 is 1.18. The van der Waals surface area contributed by atoms with Gasteiger partial charge in [-0.1, -0.05) is 58.4 Å². The summed E-state index contributed by atoms with van der Waals surface area (Å²) in [6.45, 7) is 0.960. The van der Waals surface area contributed by atoms with Crippen molar-refractivity contribution >= 4 is 15.9 Å². The van der Waals surface area contributed by atoms with Crippen LogP contribution in [0.2, 0.25) is 0 Å². The van der Waals surface area contributed by atoms with Crippen LogP contribution in [0.3, 0.4) is 0 Å². The fourth-order valence-electron chi connectivity index (χ4n) is 2.55. The standard InChI is InChI=1S/C17H18BrNO/c18-16-4-2-1-3-15(16)17(9-10-17)19-11-13-5-7-14(12-20)8-6-13/h1-8,19-20H,9-12H2. The Balaban J connectivity index is 1.70. The van der Waals surface area contributed by atoms with Gasteiger partial charge in [0.2, 0.25) is 0 Å². The zero-order valence-corrected chi connectivity index (χ0v) is 12.9. The molecule has 1 saturated carbocycles. The van der Waals surface area contributed by atoms with Gasteiger partial charge in [0.1, 0.15) is 0 Å². The van der Waals surface area contributed by atoms with Crippen molar-refractivity contribution in [1.82, 2.24) is 5.32 Å². The molecule has 2 N–H and O–H groups in total.